The number of nitrogens with zero attached hydrogens (tertiary/aromatic N) is 1. The molecule has 0 spiro atoms. The number of hydrogen-bond acceptors (Lipinski definition) is 3. The average Bonchev–Trinajstić information content (AvgIpc) is 2.46. The van der Waals surface area contributed by atoms with E-state index in [0.29, 0.717) is 12.5 Å². The second-order valence-electron chi connectivity index (χ2n) is 6.13. The molecule has 1 saturated heterocycles. The zero-order chi connectivity index (χ0) is 14.4. The average molecular weight is 276 g/mol. The number of aliphatic hydroxyl groups is 1. The van der Waals surface area contributed by atoms with E-state index < -0.39 is 0 Å². The van der Waals surface area contributed by atoms with Gasteiger partial charge in [0.05, 0.1) is 0 Å². The molecule has 1 fully saturated rings. The SMILES string of the molecule is Cc1ccc(C(N)CCN2CCCC(CCO)C2)cc1. The Hall–Kier alpha value is -0.900. The van der Waals surface area contributed by atoms with E-state index in [1.807, 2.05) is 0 Å². The summed E-state index contributed by atoms with van der Waals surface area (Å²) in [6.07, 6.45) is 4.47. The van der Waals surface area contributed by atoms with Crippen LogP contribution in [-0.4, -0.2) is 36.2 Å². The molecule has 1 heterocycles. The lowest BCUT2D eigenvalue weighted by atomic mass is 9.94. The second-order valence-corrected chi connectivity index (χ2v) is 6.13. The van der Waals surface area contributed by atoms with E-state index in [-0.39, 0.29) is 6.04 Å². The summed E-state index contributed by atoms with van der Waals surface area (Å²) in [6, 6.07) is 8.69. The summed E-state index contributed by atoms with van der Waals surface area (Å²) in [5.41, 5.74) is 8.81. The fourth-order valence-electron chi connectivity index (χ4n) is 3.07. The van der Waals surface area contributed by atoms with Crippen LogP contribution in [0.15, 0.2) is 24.3 Å². The third-order valence-corrected chi connectivity index (χ3v) is 4.40. The molecule has 1 aromatic rings. The van der Waals surface area contributed by atoms with Gasteiger partial charge in [-0.05, 0) is 57.2 Å². The van der Waals surface area contributed by atoms with Crippen molar-refractivity contribution in [3.63, 3.8) is 0 Å². The number of nitrogens with two attached hydrogens (primary N) is 1. The second kappa shape index (κ2) is 7.77. The first kappa shape index (κ1) is 15.5. The fourth-order valence-corrected chi connectivity index (χ4v) is 3.07. The van der Waals surface area contributed by atoms with Crippen molar-refractivity contribution in [2.24, 2.45) is 11.7 Å². The molecule has 0 bridgehead atoms. The highest BCUT2D eigenvalue weighted by molar-refractivity contribution is 5.23. The van der Waals surface area contributed by atoms with Crippen molar-refractivity contribution in [1.82, 2.24) is 4.90 Å². The molecule has 0 aromatic heterocycles. The molecule has 3 nitrogen and oxygen atoms in total. The van der Waals surface area contributed by atoms with Crippen molar-refractivity contribution >= 4 is 0 Å². The van der Waals surface area contributed by atoms with Gasteiger partial charge in [-0.1, -0.05) is 29.8 Å². The molecule has 2 atom stereocenters. The lowest BCUT2D eigenvalue weighted by molar-refractivity contribution is 0.144. The summed E-state index contributed by atoms with van der Waals surface area (Å²) in [7, 11) is 0. The molecule has 0 radical (unpaired) electrons. The van der Waals surface area contributed by atoms with E-state index in [1.54, 1.807) is 0 Å². The maximum Gasteiger partial charge on any atom is 0.0434 e. The zero-order valence-corrected chi connectivity index (χ0v) is 12.6. The molecule has 20 heavy (non-hydrogen) atoms. The number of likely N-dealkylation sites (tertiary alicyclic amines) is 1. The largest absolute Gasteiger partial charge is 0.396 e. The van der Waals surface area contributed by atoms with Gasteiger partial charge < -0.3 is 15.7 Å². The number of aliphatic hydroxyl groups excluding tert-OH is 1. The predicted molar refractivity (Wildman–Crippen MR) is 83.6 cm³/mol. The third kappa shape index (κ3) is 4.58. The van der Waals surface area contributed by atoms with Crippen LogP contribution in [0.3, 0.4) is 0 Å². The van der Waals surface area contributed by atoms with Gasteiger partial charge in [0.25, 0.3) is 0 Å². The maximum atomic E-state index is 9.06. The van der Waals surface area contributed by atoms with Crippen LogP contribution >= 0.6 is 0 Å². The summed E-state index contributed by atoms with van der Waals surface area (Å²) in [4.78, 5) is 2.51. The lowest BCUT2D eigenvalue weighted by Crippen LogP contribution is -2.37. The monoisotopic (exact) mass is 276 g/mol. The fraction of sp³-hybridized carbons (Fsp3) is 0.647. The Morgan fingerprint density at radius 3 is 2.80 bits per heavy atom. The first-order chi connectivity index (χ1) is 9.69. The van der Waals surface area contributed by atoms with E-state index in [0.717, 1.165) is 25.9 Å². The molecule has 0 saturated carbocycles. The number of rotatable bonds is 6. The summed E-state index contributed by atoms with van der Waals surface area (Å²) in [6.45, 7) is 5.80. The van der Waals surface area contributed by atoms with Gasteiger partial charge in [0.1, 0.15) is 0 Å². The van der Waals surface area contributed by atoms with Crippen molar-refractivity contribution in [3.05, 3.63) is 35.4 Å². The number of benzene rings is 1. The highest BCUT2D eigenvalue weighted by Gasteiger charge is 2.19. The van der Waals surface area contributed by atoms with Gasteiger partial charge in [-0.15, -0.1) is 0 Å². The minimum atomic E-state index is 0.133. The van der Waals surface area contributed by atoms with Crippen molar-refractivity contribution < 1.29 is 5.11 Å². The van der Waals surface area contributed by atoms with Crippen LogP contribution in [0.2, 0.25) is 0 Å². The first-order valence-corrected chi connectivity index (χ1v) is 7.84. The number of hydrogen-bond donors (Lipinski definition) is 2. The minimum Gasteiger partial charge on any atom is -0.396 e. The first-order valence-electron chi connectivity index (χ1n) is 7.84. The van der Waals surface area contributed by atoms with Gasteiger partial charge in [-0.3, -0.25) is 0 Å². The normalized spacial score (nSPS) is 21.9. The van der Waals surface area contributed by atoms with Crippen molar-refractivity contribution in [1.29, 1.82) is 0 Å². The van der Waals surface area contributed by atoms with Crippen LogP contribution < -0.4 is 5.73 Å². The molecule has 0 amide bonds. The Morgan fingerprint density at radius 1 is 1.35 bits per heavy atom. The topological polar surface area (TPSA) is 49.5 Å². The molecule has 2 unspecified atom stereocenters. The molecule has 3 heteroatoms. The summed E-state index contributed by atoms with van der Waals surface area (Å²) < 4.78 is 0. The maximum absolute atomic E-state index is 9.06. The van der Waals surface area contributed by atoms with Crippen LogP contribution in [0.4, 0.5) is 0 Å². The molecular formula is C17H28N2O. The van der Waals surface area contributed by atoms with Crippen LogP contribution in [0.1, 0.15) is 42.9 Å². The molecule has 3 N–H and O–H groups in total. The molecule has 112 valence electrons. The summed E-state index contributed by atoms with van der Waals surface area (Å²) in [5, 5.41) is 9.06. The molecule has 1 aliphatic heterocycles. The van der Waals surface area contributed by atoms with Gasteiger partial charge in [-0.25, -0.2) is 0 Å². The van der Waals surface area contributed by atoms with Gasteiger partial charge in [-0.2, -0.15) is 0 Å². The zero-order valence-electron chi connectivity index (χ0n) is 12.6. The van der Waals surface area contributed by atoms with E-state index >= 15 is 0 Å². The molecule has 1 aliphatic rings. The van der Waals surface area contributed by atoms with E-state index in [2.05, 4.69) is 36.1 Å². The molecule has 0 aliphatic carbocycles. The minimum absolute atomic E-state index is 0.133. The summed E-state index contributed by atoms with van der Waals surface area (Å²) in [5.74, 6) is 0.671. The molecular weight excluding hydrogens is 248 g/mol. The van der Waals surface area contributed by atoms with Crippen LogP contribution in [-0.2, 0) is 0 Å². The number of piperidine rings is 1. The Balaban J connectivity index is 1.78. The van der Waals surface area contributed by atoms with Gasteiger partial charge in [0.2, 0.25) is 0 Å². The van der Waals surface area contributed by atoms with Crippen molar-refractivity contribution in [3.8, 4) is 0 Å². The van der Waals surface area contributed by atoms with E-state index in [4.69, 9.17) is 10.8 Å². The standard InChI is InChI=1S/C17H28N2O/c1-14-4-6-16(7-5-14)17(18)8-11-19-10-2-3-15(13-19)9-12-20/h4-7,15,17,20H,2-3,8-13,18H2,1H3. The Bertz CT molecular complexity index is 388. The Labute approximate surface area is 122 Å². The summed E-state index contributed by atoms with van der Waals surface area (Å²) >= 11 is 0. The van der Waals surface area contributed by atoms with Crippen molar-refractivity contribution in [2.45, 2.75) is 38.6 Å². The molecule has 2 rings (SSSR count). The Morgan fingerprint density at radius 2 is 2.10 bits per heavy atom. The van der Waals surface area contributed by atoms with Crippen LogP contribution in [0.25, 0.3) is 0 Å². The Kier molecular flexibility index (Phi) is 6.02. The highest BCUT2D eigenvalue weighted by atomic mass is 16.3. The van der Waals surface area contributed by atoms with Crippen molar-refractivity contribution in [2.75, 3.05) is 26.2 Å². The van der Waals surface area contributed by atoms with Gasteiger partial charge in [0.15, 0.2) is 0 Å². The highest BCUT2D eigenvalue weighted by Crippen LogP contribution is 2.21. The van der Waals surface area contributed by atoms with Crippen LogP contribution in [0.5, 0.6) is 0 Å². The third-order valence-electron chi connectivity index (χ3n) is 4.40. The lowest BCUT2D eigenvalue weighted by Gasteiger charge is -2.33. The predicted octanol–water partition coefficient (Wildman–Crippen LogP) is 2.48. The van der Waals surface area contributed by atoms with E-state index in [9.17, 15) is 0 Å². The quantitative estimate of drug-likeness (QED) is 0.839. The van der Waals surface area contributed by atoms with Gasteiger partial charge in [0, 0.05) is 19.2 Å². The van der Waals surface area contributed by atoms with Crippen LogP contribution in [0, 0.1) is 12.8 Å². The number of aryl methyl sites for hydroxylation is 1. The molecule has 1 aromatic carbocycles. The smallest absolute Gasteiger partial charge is 0.0434 e. The van der Waals surface area contributed by atoms with Gasteiger partial charge >= 0.3 is 0 Å². The van der Waals surface area contributed by atoms with E-state index in [1.165, 1.54) is 30.5 Å².